The van der Waals surface area contributed by atoms with Crippen LogP contribution in [0.5, 0.6) is 11.5 Å². The number of thiophene rings is 1. The van der Waals surface area contributed by atoms with Crippen molar-refractivity contribution in [2.75, 3.05) is 0 Å². The fourth-order valence-corrected chi connectivity index (χ4v) is 6.66. The third-order valence-electron chi connectivity index (χ3n) is 6.85. The first-order valence-electron chi connectivity index (χ1n) is 10.6. The first-order valence-corrected chi connectivity index (χ1v) is 11.4. The zero-order chi connectivity index (χ0) is 21.1. The van der Waals surface area contributed by atoms with Crippen molar-refractivity contribution in [3.8, 4) is 11.5 Å². The normalized spacial score (nSPS) is 12.6. The predicted molar refractivity (Wildman–Crippen MR) is 135 cm³/mol. The number of aromatic nitrogens is 1. The van der Waals surface area contributed by atoms with Gasteiger partial charge in [0.25, 0.3) is 0 Å². The molecule has 3 heterocycles. The molecule has 32 heavy (non-hydrogen) atoms. The third-order valence-corrected chi connectivity index (χ3v) is 7.97. The van der Waals surface area contributed by atoms with Crippen molar-refractivity contribution in [1.82, 2.24) is 4.40 Å². The molecule has 2 N–H and O–H groups in total. The van der Waals surface area contributed by atoms with Crippen LogP contribution < -0.4 is 0 Å². The lowest BCUT2D eigenvalue weighted by atomic mass is 10.0. The van der Waals surface area contributed by atoms with E-state index in [1.54, 1.807) is 17.4 Å². The number of benzene rings is 5. The highest BCUT2D eigenvalue weighted by Gasteiger charge is 2.20. The minimum absolute atomic E-state index is 0.302. The van der Waals surface area contributed by atoms with Crippen LogP contribution in [0.15, 0.2) is 78.9 Å². The monoisotopic (exact) mass is 429 g/mol. The van der Waals surface area contributed by atoms with Gasteiger partial charge >= 0.3 is 0 Å². The second kappa shape index (κ2) is 5.42. The molecule has 150 valence electrons. The molecule has 3 aromatic heterocycles. The summed E-state index contributed by atoms with van der Waals surface area (Å²) in [5.74, 6) is 0.627. The largest absolute Gasteiger partial charge is 0.508 e. The summed E-state index contributed by atoms with van der Waals surface area (Å²) in [5.41, 5.74) is 3.35. The van der Waals surface area contributed by atoms with Gasteiger partial charge in [-0.3, -0.25) is 0 Å². The molecule has 0 bridgehead atoms. The average molecular weight is 430 g/mol. The average Bonchev–Trinajstić information content (AvgIpc) is 3.42. The lowest BCUT2D eigenvalue weighted by molar-refractivity contribution is 0.476. The standard InChI is InChI=1S/C28H15NO2S/c30-16-5-6-17-21-10-14-9-20-18-7-8-24(31)27-19-3-1-2-4-22(19)29(28(18)27)23(20)11-15(14)12-25(21)32-26(17)13-16/h1-13,30-31H. The minimum atomic E-state index is 0.302. The number of para-hydroxylation sites is 1. The first-order chi connectivity index (χ1) is 15.7. The highest BCUT2D eigenvalue weighted by Crippen LogP contribution is 2.44. The molecule has 0 atom stereocenters. The molecule has 4 heteroatoms. The smallest absolute Gasteiger partial charge is 0.125 e. The van der Waals surface area contributed by atoms with Gasteiger partial charge in [0, 0.05) is 36.3 Å². The van der Waals surface area contributed by atoms with Gasteiger partial charge in [0.1, 0.15) is 11.5 Å². The Kier molecular flexibility index (Phi) is 2.82. The van der Waals surface area contributed by atoms with E-state index in [0.29, 0.717) is 11.5 Å². The zero-order valence-electron chi connectivity index (χ0n) is 16.8. The van der Waals surface area contributed by atoms with Gasteiger partial charge in [0.15, 0.2) is 0 Å². The summed E-state index contributed by atoms with van der Waals surface area (Å²) < 4.78 is 4.61. The van der Waals surface area contributed by atoms with Crippen LogP contribution in [-0.2, 0) is 0 Å². The van der Waals surface area contributed by atoms with E-state index in [-0.39, 0.29) is 0 Å². The molecule has 5 aromatic carbocycles. The van der Waals surface area contributed by atoms with Crippen molar-refractivity contribution in [2.24, 2.45) is 0 Å². The quantitative estimate of drug-likeness (QED) is 0.259. The van der Waals surface area contributed by atoms with E-state index in [1.807, 2.05) is 30.3 Å². The van der Waals surface area contributed by atoms with Crippen LogP contribution in [0.25, 0.3) is 69.0 Å². The van der Waals surface area contributed by atoms with Crippen LogP contribution >= 0.6 is 11.3 Å². The van der Waals surface area contributed by atoms with Crippen LogP contribution in [0.3, 0.4) is 0 Å². The van der Waals surface area contributed by atoms with Crippen LogP contribution in [0.1, 0.15) is 0 Å². The lowest BCUT2D eigenvalue weighted by Gasteiger charge is -2.03. The second-order valence-corrected chi connectivity index (χ2v) is 9.64. The third kappa shape index (κ3) is 1.88. The van der Waals surface area contributed by atoms with E-state index in [4.69, 9.17) is 0 Å². The molecule has 8 rings (SSSR count). The number of rotatable bonds is 0. The molecule has 0 aliphatic rings. The molecule has 0 fully saturated rings. The van der Waals surface area contributed by atoms with E-state index in [1.165, 1.54) is 31.6 Å². The second-order valence-electron chi connectivity index (χ2n) is 8.56. The van der Waals surface area contributed by atoms with E-state index in [0.717, 1.165) is 37.4 Å². The van der Waals surface area contributed by atoms with Crippen molar-refractivity contribution in [3.05, 3.63) is 78.9 Å². The number of hydrogen-bond donors (Lipinski definition) is 2. The lowest BCUT2D eigenvalue weighted by Crippen LogP contribution is -1.81. The summed E-state index contributed by atoms with van der Waals surface area (Å²) in [6.45, 7) is 0. The van der Waals surface area contributed by atoms with Crippen molar-refractivity contribution >= 4 is 80.4 Å². The Morgan fingerprint density at radius 3 is 2.31 bits per heavy atom. The zero-order valence-corrected chi connectivity index (χ0v) is 17.6. The highest BCUT2D eigenvalue weighted by molar-refractivity contribution is 7.25. The van der Waals surface area contributed by atoms with Crippen LogP contribution in [-0.4, -0.2) is 14.6 Å². The van der Waals surface area contributed by atoms with Crippen molar-refractivity contribution in [1.29, 1.82) is 0 Å². The fraction of sp³-hybridized carbons (Fsp3) is 0. The highest BCUT2D eigenvalue weighted by atomic mass is 32.1. The molecule has 0 unspecified atom stereocenters. The topological polar surface area (TPSA) is 44.9 Å². The van der Waals surface area contributed by atoms with E-state index < -0.39 is 0 Å². The maximum absolute atomic E-state index is 10.7. The molecule has 0 saturated heterocycles. The summed E-state index contributed by atoms with van der Waals surface area (Å²) in [6, 6.07) is 26.8. The molecule has 0 aliphatic heterocycles. The van der Waals surface area contributed by atoms with Crippen molar-refractivity contribution < 1.29 is 10.2 Å². The molecule has 0 spiro atoms. The minimum Gasteiger partial charge on any atom is -0.508 e. The number of phenols is 2. The fourth-order valence-electron chi connectivity index (χ4n) is 5.50. The Hall–Kier alpha value is -4.02. The van der Waals surface area contributed by atoms with Gasteiger partial charge in [-0.1, -0.05) is 18.2 Å². The van der Waals surface area contributed by atoms with E-state index in [9.17, 15) is 10.2 Å². The molecule has 0 radical (unpaired) electrons. The molecule has 0 saturated carbocycles. The Balaban J connectivity index is 1.60. The Morgan fingerprint density at radius 1 is 0.594 bits per heavy atom. The van der Waals surface area contributed by atoms with Gasteiger partial charge in [0.2, 0.25) is 0 Å². The van der Waals surface area contributed by atoms with E-state index >= 15 is 0 Å². The van der Waals surface area contributed by atoms with E-state index in [2.05, 4.69) is 46.9 Å². The van der Waals surface area contributed by atoms with Gasteiger partial charge in [-0.25, -0.2) is 0 Å². The van der Waals surface area contributed by atoms with Crippen LogP contribution in [0, 0.1) is 0 Å². The molecule has 3 nitrogen and oxygen atoms in total. The number of fused-ring (bicyclic) bond motifs is 10. The number of hydrogen-bond acceptors (Lipinski definition) is 3. The summed E-state index contributed by atoms with van der Waals surface area (Å²) in [7, 11) is 0. The molecule has 0 amide bonds. The number of aromatic hydroxyl groups is 2. The Morgan fingerprint density at radius 2 is 1.38 bits per heavy atom. The first kappa shape index (κ1) is 16.6. The maximum Gasteiger partial charge on any atom is 0.125 e. The van der Waals surface area contributed by atoms with Crippen LogP contribution in [0.2, 0.25) is 0 Å². The van der Waals surface area contributed by atoms with Crippen molar-refractivity contribution in [2.45, 2.75) is 0 Å². The SMILES string of the molecule is Oc1ccc2c(c1)sc1cc3cc4c(cc3cc12)c1ccc(O)c2c3ccccc3n4c12. The van der Waals surface area contributed by atoms with Gasteiger partial charge in [0.05, 0.1) is 21.9 Å². The predicted octanol–water partition coefficient (Wildman–Crippen LogP) is 7.77. The summed E-state index contributed by atoms with van der Waals surface area (Å²) in [6.07, 6.45) is 0. The summed E-state index contributed by atoms with van der Waals surface area (Å²) >= 11 is 1.71. The summed E-state index contributed by atoms with van der Waals surface area (Å²) in [4.78, 5) is 0. The molecular weight excluding hydrogens is 414 g/mol. The van der Waals surface area contributed by atoms with Crippen LogP contribution in [0.4, 0.5) is 0 Å². The van der Waals surface area contributed by atoms with Gasteiger partial charge in [-0.15, -0.1) is 11.3 Å². The number of phenolic OH excluding ortho intramolecular Hbond substituents is 2. The number of nitrogens with zero attached hydrogens (tertiary/aromatic N) is 1. The maximum atomic E-state index is 10.7. The Bertz CT molecular complexity index is 2060. The van der Waals surface area contributed by atoms with Gasteiger partial charge in [-0.05, 0) is 71.4 Å². The van der Waals surface area contributed by atoms with Gasteiger partial charge in [-0.2, -0.15) is 0 Å². The molecular formula is C28H15NO2S. The molecule has 0 aliphatic carbocycles. The molecule has 8 aromatic rings. The van der Waals surface area contributed by atoms with Gasteiger partial charge < -0.3 is 14.6 Å². The summed E-state index contributed by atoms with van der Waals surface area (Å²) in [5, 5.41) is 29.7. The van der Waals surface area contributed by atoms with Crippen molar-refractivity contribution in [3.63, 3.8) is 0 Å². The Labute approximate surface area is 185 Å².